The minimum Gasteiger partial charge on any atom is -0.485 e. The fraction of sp³-hybridized carbons (Fsp3) is 0.211. The molecule has 0 saturated heterocycles. The zero-order valence-corrected chi connectivity index (χ0v) is 15.7. The molecule has 5 rings (SSSR count). The van der Waals surface area contributed by atoms with E-state index in [1.165, 1.54) is 11.3 Å². The zero-order chi connectivity index (χ0) is 18.4. The molecule has 0 aliphatic carbocycles. The number of hydrogen-bond acceptors (Lipinski definition) is 7. The van der Waals surface area contributed by atoms with Crippen LogP contribution in [0.5, 0.6) is 11.5 Å². The highest BCUT2D eigenvalue weighted by Gasteiger charge is 2.27. The predicted molar refractivity (Wildman–Crippen MR) is 104 cm³/mol. The van der Waals surface area contributed by atoms with Crippen molar-refractivity contribution in [3.8, 4) is 22.9 Å². The van der Waals surface area contributed by atoms with E-state index in [9.17, 15) is 0 Å². The summed E-state index contributed by atoms with van der Waals surface area (Å²) in [7, 11) is 4.03. The number of ether oxygens (including phenoxy) is 2. The van der Waals surface area contributed by atoms with Gasteiger partial charge in [-0.15, -0.1) is 10.2 Å². The fourth-order valence-electron chi connectivity index (χ4n) is 2.99. The Hall–Kier alpha value is -3.13. The van der Waals surface area contributed by atoms with Crippen molar-refractivity contribution in [3.63, 3.8) is 0 Å². The molecule has 0 spiro atoms. The highest BCUT2D eigenvalue weighted by atomic mass is 32.1. The van der Waals surface area contributed by atoms with Crippen molar-refractivity contribution >= 4 is 22.0 Å². The third-order valence-corrected chi connectivity index (χ3v) is 5.42. The number of aromatic nitrogens is 4. The van der Waals surface area contributed by atoms with E-state index in [0.717, 1.165) is 38.5 Å². The SMILES string of the molecule is CN(C)c1ccc(-c2nnc3sc([C@@H]4COc5ccccc5O4)nn23)cc1. The molecular weight excluding hydrogens is 362 g/mol. The molecule has 0 radical (unpaired) electrons. The average Bonchev–Trinajstić information content (AvgIpc) is 3.28. The van der Waals surface area contributed by atoms with Crippen molar-refractivity contribution in [3.05, 3.63) is 53.5 Å². The first-order valence-corrected chi connectivity index (χ1v) is 9.39. The van der Waals surface area contributed by atoms with Crippen LogP contribution in [0.15, 0.2) is 48.5 Å². The van der Waals surface area contributed by atoms with Crippen molar-refractivity contribution < 1.29 is 9.47 Å². The van der Waals surface area contributed by atoms with Gasteiger partial charge in [-0.3, -0.25) is 0 Å². The molecule has 1 aliphatic heterocycles. The van der Waals surface area contributed by atoms with Gasteiger partial charge in [-0.2, -0.15) is 9.61 Å². The largest absolute Gasteiger partial charge is 0.485 e. The van der Waals surface area contributed by atoms with Gasteiger partial charge in [0.2, 0.25) is 4.96 Å². The highest BCUT2D eigenvalue weighted by molar-refractivity contribution is 7.16. The van der Waals surface area contributed by atoms with Crippen LogP contribution in [0, 0.1) is 0 Å². The quantitative estimate of drug-likeness (QED) is 0.543. The maximum Gasteiger partial charge on any atom is 0.235 e. The first kappa shape index (κ1) is 16.1. The molecule has 4 aromatic rings. The third kappa shape index (κ3) is 2.78. The van der Waals surface area contributed by atoms with Gasteiger partial charge in [0.1, 0.15) is 6.61 Å². The summed E-state index contributed by atoms with van der Waals surface area (Å²) < 4.78 is 13.6. The summed E-state index contributed by atoms with van der Waals surface area (Å²) >= 11 is 1.47. The van der Waals surface area contributed by atoms with Gasteiger partial charge in [-0.25, -0.2) is 0 Å². The standard InChI is InChI=1S/C19H17N5O2S/c1-23(2)13-9-7-12(8-10-13)17-20-21-19-24(17)22-18(27-19)16-11-25-14-5-3-4-6-15(14)26-16/h3-10,16H,11H2,1-2H3/t16-/m0/s1. The van der Waals surface area contributed by atoms with Gasteiger partial charge in [0.05, 0.1) is 0 Å². The Morgan fingerprint density at radius 3 is 2.59 bits per heavy atom. The van der Waals surface area contributed by atoms with Crippen LogP contribution in [0.1, 0.15) is 11.1 Å². The van der Waals surface area contributed by atoms with Gasteiger partial charge in [0.15, 0.2) is 28.4 Å². The smallest absolute Gasteiger partial charge is 0.235 e. The Labute approximate surface area is 159 Å². The molecule has 1 atom stereocenters. The Balaban J connectivity index is 1.47. The number of fused-ring (bicyclic) bond motifs is 2. The second-order valence-electron chi connectivity index (χ2n) is 6.46. The molecule has 0 bridgehead atoms. The van der Waals surface area contributed by atoms with E-state index in [2.05, 4.69) is 27.2 Å². The molecule has 1 aliphatic rings. The molecular formula is C19H17N5O2S. The van der Waals surface area contributed by atoms with Gasteiger partial charge in [-0.1, -0.05) is 23.5 Å². The summed E-state index contributed by atoms with van der Waals surface area (Å²) in [5.41, 5.74) is 2.10. The Morgan fingerprint density at radius 2 is 1.81 bits per heavy atom. The molecule has 136 valence electrons. The first-order chi connectivity index (χ1) is 13.2. The topological polar surface area (TPSA) is 64.8 Å². The second-order valence-corrected chi connectivity index (χ2v) is 7.45. The predicted octanol–water partition coefficient (Wildman–Crippen LogP) is 3.43. The number of nitrogens with zero attached hydrogens (tertiary/aromatic N) is 5. The molecule has 0 fully saturated rings. The Bertz CT molecular complexity index is 1100. The van der Waals surface area contributed by atoms with E-state index in [-0.39, 0.29) is 6.10 Å². The van der Waals surface area contributed by atoms with E-state index in [4.69, 9.17) is 14.6 Å². The lowest BCUT2D eigenvalue weighted by Gasteiger charge is -2.24. The van der Waals surface area contributed by atoms with Crippen LogP contribution in [0.3, 0.4) is 0 Å². The summed E-state index contributed by atoms with van der Waals surface area (Å²) in [4.78, 5) is 2.79. The van der Waals surface area contributed by atoms with Crippen LogP contribution in [0.25, 0.3) is 16.3 Å². The molecule has 3 heterocycles. The number of para-hydroxylation sites is 2. The van der Waals surface area contributed by atoms with Gasteiger partial charge in [-0.05, 0) is 36.4 Å². The van der Waals surface area contributed by atoms with Crippen molar-refractivity contribution in [1.82, 2.24) is 19.8 Å². The van der Waals surface area contributed by atoms with E-state index < -0.39 is 0 Å². The van der Waals surface area contributed by atoms with E-state index >= 15 is 0 Å². The van der Waals surface area contributed by atoms with E-state index in [1.807, 2.05) is 50.5 Å². The maximum atomic E-state index is 6.06. The number of rotatable bonds is 3. The summed E-state index contributed by atoms with van der Waals surface area (Å²) in [6, 6.07) is 15.8. The molecule has 0 N–H and O–H groups in total. The van der Waals surface area contributed by atoms with Crippen molar-refractivity contribution in [1.29, 1.82) is 0 Å². The van der Waals surface area contributed by atoms with Gasteiger partial charge in [0, 0.05) is 25.3 Å². The van der Waals surface area contributed by atoms with Crippen molar-refractivity contribution in [2.24, 2.45) is 0 Å². The Morgan fingerprint density at radius 1 is 1.04 bits per heavy atom. The molecule has 2 aromatic heterocycles. The molecule has 27 heavy (non-hydrogen) atoms. The van der Waals surface area contributed by atoms with Crippen molar-refractivity contribution in [2.45, 2.75) is 6.10 Å². The fourth-order valence-corrected chi connectivity index (χ4v) is 3.84. The lowest BCUT2D eigenvalue weighted by molar-refractivity contribution is 0.0904. The maximum absolute atomic E-state index is 6.06. The summed E-state index contributed by atoms with van der Waals surface area (Å²) in [6.45, 7) is 0.425. The number of hydrogen-bond donors (Lipinski definition) is 0. The van der Waals surface area contributed by atoms with Crippen LogP contribution >= 0.6 is 11.3 Å². The lowest BCUT2D eigenvalue weighted by atomic mass is 10.2. The number of benzene rings is 2. The minimum atomic E-state index is -0.254. The van der Waals surface area contributed by atoms with Gasteiger partial charge < -0.3 is 14.4 Å². The van der Waals surface area contributed by atoms with E-state index in [0.29, 0.717) is 6.61 Å². The van der Waals surface area contributed by atoms with Crippen LogP contribution in [0.2, 0.25) is 0 Å². The van der Waals surface area contributed by atoms with Gasteiger partial charge >= 0.3 is 0 Å². The van der Waals surface area contributed by atoms with Crippen LogP contribution < -0.4 is 14.4 Å². The summed E-state index contributed by atoms with van der Waals surface area (Å²) in [5, 5.41) is 14.1. The summed E-state index contributed by atoms with van der Waals surface area (Å²) in [5.74, 6) is 2.22. The number of anilines is 1. The summed E-state index contributed by atoms with van der Waals surface area (Å²) in [6.07, 6.45) is -0.254. The molecule has 0 unspecified atom stereocenters. The first-order valence-electron chi connectivity index (χ1n) is 8.57. The average molecular weight is 379 g/mol. The molecule has 2 aromatic carbocycles. The molecule has 7 nitrogen and oxygen atoms in total. The third-order valence-electron chi connectivity index (χ3n) is 4.43. The van der Waals surface area contributed by atoms with Crippen LogP contribution in [-0.4, -0.2) is 40.5 Å². The second kappa shape index (κ2) is 6.24. The molecule has 0 amide bonds. The van der Waals surface area contributed by atoms with E-state index in [1.54, 1.807) is 4.52 Å². The minimum absolute atomic E-state index is 0.254. The lowest BCUT2D eigenvalue weighted by Crippen LogP contribution is -2.21. The van der Waals surface area contributed by atoms with Crippen molar-refractivity contribution in [2.75, 3.05) is 25.6 Å². The van der Waals surface area contributed by atoms with Crippen LogP contribution in [-0.2, 0) is 0 Å². The highest BCUT2D eigenvalue weighted by Crippen LogP contribution is 2.37. The molecule has 0 saturated carbocycles. The normalized spacial score (nSPS) is 15.9. The molecule has 8 heteroatoms. The Kier molecular flexibility index (Phi) is 3.71. The monoisotopic (exact) mass is 379 g/mol. The van der Waals surface area contributed by atoms with Gasteiger partial charge in [0.25, 0.3) is 0 Å². The zero-order valence-electron chi connectivity index (χ0n) is 14.9. The van der Waals surface area contributed by atoms with Crippen LogP contribution in [0.4, 0.5) is 5.69 Å².